The van der Waals surface area contributed by atoms with Gasteiger partial charge < -0.3 is 0 Å². The molecule has 56 heavy (non-hydrogen) atoms. The maximum absolute atomic E-state index is 5.44. The summed E-state index contributed by atoms with van der Waals surface area (Å²) in [5, 5.41) is 10.1. The minimum Gasteiger partial charge on any atom is -0.278 e. The van der Waals surface area contributed by atoms with Crippen LogP contribution in [0.5, 0.6) is 0 Å². The highest BCUT2D eigenvalue weighted by molar-refractivity contribution is 6.10. The van der Waals surface area contributed by atoms with Gasteiger partial charge in [-0.2, -0.15) is 5.10 Å². The Kier molecular flexibility index (Phi) is 7.42. The summed E-state index contributed by atoms with van der Waals surface area (Å²) in [4.78, 5) is 10.6. The molecule has 5 nitrogen and oxygen atoms in total. The van der Waals surface area contributed by atoms with Crippen molar-refractivity contribution in [2.24, 2.45) is 0 Å². The van der Waals surface area contributed by atoms with Gasteiger partial charge in [-0.25, -0.2) is 14.5 Å². The smallest absolute Gasteiger partial charge is 0.235 e. The van der Waals surface area contributed by atoms with E-state index < -0.39 is 0 Å². The molecule has 0 spiro atoms. The van der Waals surface area contributed by atoms with Gasteiger partial charge in [0.1, 0.15) is 5.69 Å². The monoisotopic (exact) mass is 715 g/mol. The van der Waals surface area contributed by atoms with Gasteiger partial charge in [0.15, 0.2) is 0 Å². The van der Waals surface area contributed by atoms with Crippen LogP contribution in [0.25, 0.3) is 100 Å². The molecule has 0 saturated carbocycles. The van der Waals surface area contributed by atoms with Crippen molar-refractivity contribution in [3.8, 4) is 62.1 Å². The second-order valence-corrected chi connectivity index (χ2v) is 14.1. The molecule has 4 aromatic heterocycles. The Bertz CT molecular complexity index is 3180. The highest BCUT2D eigenvalue weighted by Crippen LogP contribution is 2.42. The van der Waals surface area contributed by atoms with Crippen LogP contribution in [0, 0.1) is 0 Å². The average Bonchev–Trinajstić information content (AvgIpc) is 3.85. The van der Waals surface area contributed by atoms with Gasteiger partial charge in [0.05, 0.1) is 33.6 Å². The van der Waals surface area contributed by atoms with E-state index in [2.05, 4.69) is 203 Å². The fourth-order valence-electron chi connectivity index (χ4n) is 8.19. The van der Waals surface area contributed by atoms with Crippen LogP contribution in [0.15, 0.2) is 200 Å². The van der Waals surface area contributed by atoms with E-state index >= 15 is 0 Å². The second-order valence-electron chi connectivity index (χ2n) is 14.1. The van der Waals surface area contributed by atoms with Crippen LogP contribution in [-0.2, 0) is 0 Å². The Balaban J connectivity index is 1.18. The molecule has 0 fully saturated rings. The first kappa shape index (κ1) is 31.9. The molecule has 0 aliphatic heterocycles. The summed E-state index contributed by atoms with van der Waals surface area (Å²) in [6, 6.07) is 70.1. The molecular formula is C51H33N5. The molecule has 0 aliphatic rings. The zero-order chi connectivity index (χ0) is 37.0. The van der Waals surface area contributed by atoms with E-state index in [0.717, 1.165) is 83.5 Å². The summed E-state index contributed by atoms with van der Waals surface area (Å²) < 4.78 is 4.33. The van der Waals surface area contributed by atoms with Gasteiger partial charge in [-0.15, -0.1) is 0 Å². The van der Waals surface area contributed by atoms with E-state index in [4.69, 9.17) is 15.1 Å². The van der Waals surface area contributed by atoms with Gasteiger partial charge >= 0.3 is 0 Å². The van der Waals surface area contributed by atoms with Crippen molar-refractivity contribution in [2.45, 2.75) is 0 Å². The number of hydrogen-bond donors (Lipinski definition) is 0. The van der Waals surface area contributed by atoms with Crippen molar-refractivity contribution >= 4 is 38.1 Å². The first-order chi connectivity index (χ1) is 27.8. The molecule has 0 bridgehead atoms. The topological polar surface area (TPSA) is 48.0 Å². The Morgan fingerprint density at radius 2 is 0.893 bits per heavy atom. The Morgan fingerprint density at radius 3 is 1.57 bits per heavy atom. The summed E-state index contributed by atoms with van der Waals surface area (Å²) >= 11 is 0. The molecule has 0 atom stereocenters. The average molecular weight is 716 g/mol. The van der Waals surface area contributed by atoms with Crippen LogP contribution >= 0.6 is 0 Å². The van der Waals surface area contributed by atoms with Crippen molar-refractivity contribution in [1.29, 1.82) is 0 Å². The fraction of sp³-hybridized carbons (Fsp3) is 0. The lowest BCUT2D eigenvalue weighted by atomic mass is 9.95. The molecule has 0 radical (unpaired) electrons. The van der Waals surface area contributed by atoms with Gasteiger partial charge in [-0.3, -0.25) is 4.57 Å². The third kappa shape index (κ3) is 5.21. The summed E-state index contributed by atoms with van der Waals surface area (Å²) in [5.41, 5.74) is 13.2. The van der Waals surface area contributed by atoms with E-state index in [1.165, 1.54) is 10.8 Å². The molecule has 0 unspecified atom stereocenters. The second kappa shape index (κ2) is 13.0. The minimum atomic E-state index is 0.628. The van der Waals surface area contributed by atoms with Crippen molar-refractivity contribution in [3.05, 3.63) is 200 Å². The van der Waals surface area contributed by atoms with Crippen LogP contribution in [-0.4, -0.2) is 24.1 Å². The zero-order valence-corrected chi connectivity index (χ0v) is 30.3. The minimum absolute atomic E-state index is 0.628. The summed E-state index contributed by atoms with van der Waals surface area (Å²) in [5.74, 6) is 0.628. The molecular weight excluding hydrogens is 683 g/mol. The summed E-state index contributed by atoms with van der Waals surface area (Å²) in [6.07, 6.45) is 0. The van der Waals surface area contributed by atoms with Crippen LogP contribution in [0.4, 0.5) is 0 Å². The number of nitrogens with zero attached hydrogens (tertiary/aromatic N) is 5. The predicted molar refractivity (Wildman–Crippen MR) is 230 cm³/mol. The van der Waals surface area contributed by atoms with Crippen molar-refractivity contribution in [1.82, 2.24) is 24.1 Å². The first-order valence-corrected chi connectivity index (χ1v) is 18.9. The molecule has 11 aromatic rings. The maximum atomic E-state index is 5.44. The summed E-state index contributed by atoms with van der Waals surface area (Å²) in [7, 11) is 0. The maximum Gasteiger partial charge on any atom is 0.235 e. The van der Waals surface area contributed by atoms with Gasteiger partial charge in [-0.1, -0.05) is 170 Å². The van der Waals surface area contributed by atoms with E-state index in [9.17, 15) is 0 Å². The van der Waals surface area contributed by atoms with E-state index in [1.54, 1.807) is 0 Å². The normalized spacial score (nSPS) is 11.6. The molecule has 0 aliphatic carbocycles. The van der Waals surface area contributed by atoms with E-state index in [1.807, 2.05) is 6.07 Å². The molecule has 0 amide bonds. The number of benzene rings is 7. The number of pyridine rings is 1. The van der Waals surface area contributed by atoms with Crippen molar-refractivity contribution < 1.29 is 0 Å². The van der Waals surface area contributed by atoms with Crippen LogP contribution in [0.2, 0.25) is 0 Å². The van der Waals surface area contributed by atoms with Crippen LogP contribution in [0.3, 0.4) is 0 Å². The number of fused-ring (bicyclic) bond motifs is 6. The molecule has 5 heteroatoms. The van der Waals surface area contributed by atoms with Gasteiger partial charge in [0, 0.05) is 44.0 Å². The van der Waals surface area contributed by atoms with E-state index in [-0.39, 0.29) is 0 Å². The predicted octanol–water partition coefficient (Wildman–Crippen LogP) is 12.7. The number of hydrogen-bond acceptors (Lipinski definition) is 3. The van der Waals surface area contributed by atoms with Crippen molar-refractivity contribution in [3.63, 3.8) is 0 Å². The Hall–Kier alpha value is -7.63. The largest absolute Gasteiger partial charge is 0.278 e. The molecule has 262 valence electrons. The molecule has 7 aromatic carbocycles. The standard InChI is InChI=1S/C51H33N5/c1-4-17-34(18-5-1)43-33-44(53-51(52-43)55-45-29-14-12-27-41(45)42-28-13-15-30-46(42)55)38-24-16-25-39(31-38)48-49(36-21-8-3-9-22-36)54-56-47(35-19-6-2-7-20-35)32-37-23-10-11-26-40(37)50(48)56/h1-33H. The highest BCUT2D eigenvalue weighted by Gasteiger charge is 2.23. The lowest BCUT2D eigenvalue weighted by Gasteiger charge is -2.13. The van der Waals surface area contributed by atoms with Gasteiger partial charge in [0.25, 0.3) is 0 Å². The SMILES string of the molecule is c1ccc(-c2cc(-c3cccc(-c4c(-c5ccccc5)nn5c(-c6ccccc6)cc6ccccc6c45)c3)nc(-n3c4ccccc4c4ccccc43)n2)cc1. The van der Waals surface area contributed by atoms with E-state index in [0.29, 0.717) is 5.95 Å². The number of rotatable bonds is 6. The van der Waals surface area contributed by atoms with Crippen LogP contribution < -0.4 is 0 Å². The third-order valence-electron chi connectivity index (χ3n) is 10.7. The fourth-order valence-corrected chi connectivity index (χ4v) is 8.19. The molecule has 0 N–H and O–H groups in total. The van der Waals surface area contributed by atoms with Gasteiger partial charge in [0.2, 0.25) is 5.95 Å². The van der Waals surface area contributed by atoms with Crippen LogP contribution in [0.1, 0.15) is 0 Å². The van der Waals surface area contributed by atoms with Crippen molar-refractivity contribution in [2.75, 3.05) is 0 Å². The third-order valence-corrected chi connectivity index (χ3v) is 10.7. The first-order valence-electron chi connectivity index (χ1n) is 18.9. The molecule has 11 rings (SSSR count). The lowest BCUT2D eigenvalue weighted by Crippen LogP contribution is -2.04. The number of para-hydroxylation sites is 2. The van der Waals surface area contributed by atoms with Gasteiger partial charge in [-0.05, 0) is 41.3 Å². The highest BCUT2D eigenvalue weighted by atomic mass is 15.2. The summed E-state index contributed by atoms with van der Waals surface area (Å²) in [6.45, 7) is 0. The number of aromatic nitrogens is 5. The quantitative estimate of drug-likeness (QED) is 0.172. The Labute approximate surface area is 323 Å². The molecule has 4 heterocycles. The Morgan fingerprint density at radius 1 is 0.375 bits per heavy atom. The lowest BCUT2D eigenvalue weighted by molar-refractivity contribution is 0.979. The zero-order valence-electron chi connectivity index (χ0n) is 30.3. The molecule has 0 saturated heterocycles.